The third-order valence-electron chi connectivity index (χ3n) is 5.12. The highest BCUT2D eigenvalue weighted by Gasteiger charge is 2.34. The van der Waals surface area contributed by atoms with Crippen LogP contribution >= 0.6 is 11.6 Å². The van der Waals surface area contributed by atoms with E-state index in [0.29, 0.717) is 27.8 Å². The van der Waals surface area contributed by atoms with E-state index >= 15 is 0 Å². The van der Waals surface area contributed by atoms with E-state index in [1.54, 1.807) is 24.3 Å². The third-order valence-corrected chi connectivity index (χ3v) is 6.57. The summed E-state index contributed by atoms with van der Waals surface area (Å²) in [5, 5.41) is 2.13. The van der Waals surface area contributed by atoms with E-state index in [0.717, 1.165) is 17.2 Å². The third kappa shape index (κ3) is 7.25. The van der Waals surface area contributed by atoms with Gasteiger partial charge in [-0.1, -0.05) is 23.7 Å². The number of sulfonamides is 1. The van der Waals surface area contributed by atoms with Gasteiger partial charge in [0.1, 0.15) is 18.3 Å². The number of methoxy groups -OCH3 is 1. The molecular weight excluding hydrogens is 511 g/mol. The number of amides is 2. The fraction of sp³-hybridized carbons (Fsp3) is 0.364. The number of anilines is 1. The molecule has 0 aliphatic heterocycles. The van der Waals surface area contributed by atoms with Crippen molar-refractivity contribution in [2.24, 2.45) is 0 Å². The highest BCUT2D eigenvalue weighted by Crippen LogP contribution is 2.36. The van der Waals surface area contributed by atoms with Crippen molar-refractivity contribution in [1.29, 1.82) is 0 Å². The van der Waals surface area contributed by atoms with Crippen LogP contribution in [0.3, 0.4) is 0 Å². The molecule has 0 saturated heterocycles. The van der Waals surface area contributed by atoms with E-state index in [9.17, 15) is 31.2 Å². The molecule has 0 aliphatic carbocycles. The summed E-state index contributed by atoms with van der Waals surface area (Å²) in [6, 6.07) is 7.81. The molecule has 13 heteroatoms. The van der Waals surface area contributed by atoms with Crippen molar-refractivity contribution in [3.8, 4) is 5.75 Å². The Kier molecular flexibility index (Phi) is 9.01. The van der Waals surface area contributed by atoms with Gasteiger partial charge in [-0.25, -0.2) is 8.42 Å². The van der Waals surface area contributed by atoms with Crippen LogP contribution in [-0.2, 0) is 32.3 Å². The van der Waals surface area contributed by atoms with Gasteiger partial charge in [0, 0.05) is 13.6 Å². The number of alkyl halides is 3. The van der Waals surface area contributed by atoms with Crippen molar-refractivity contribution in [2.45, 2.75) is 25.7 Å². The summed E-state index contributed by atoms with van der Waals surface area (Å²) in [7, 11) is -1.42. The lowest BCUT2D eigenvalue weighted by Crippen LogP contribution is -2.50. The summed E-state index contributed by atoms with van der Waals surface area (Å²) in [4.78, 5) is 26.8. The number of carbonyl (C=O) groups is 2. The highest BCUT2D eigenvalue weighted by molar-refractivity contribution is 7.92. The number of hydrogen-bond donors (Lipinski definition) is 1. The lowest BCUT2D eigenvalue weighted by molar-refractivity contribution is -0.139. The van der Waals surface area contributed by atoms with Crippen LogP contribution in [0.5, 0.6) is 5.75 Å². The molecule has 0 heterocycles. The zero-order valence-electron chi connectivity index (χ0n) is 19.4. The maximum absolute atomic E-state index is 13.3. The van der Waals surface area contributed by atoms with Gasteiger partial charge in [0.05, 0.1) is 29.6 Å². The standard InChI is InChI=1S/C22H25ClF3N3O5S/c1-14(21(31)27-2)28(12-15-6-5-7-17(10-15)34-3)20(30)13-29(35(4,32)33)19-11-16(22(24,25)26)8-9-18(19)23/h5-11,14H,12-13H2,1-4H3,(H,27,31). The summed E-state index contributed by atoms with van der Waals surface area (Å²) in [5.41, 5.74) is -1.06. The van der Waals surface area contributed by atoms with Crippen LogP contribution in [0.15, 0.2) is 42.5 Å². The smallest absolute Gasteiger partial charge is 0.416 e. The molecule has 2 rings (SSSR count). The normalized spacial score (nSPS) is 12.6. The molecule has 2 aromatic rings. The van der Waals surface area contributed by atoms with E-state index in [-0.39, 0.29) is 11.6 Å². The lowest BCUT2D eigenvalue weighted by Gasteiger charge is -2.31. The number of nitrogens with zero attached hydrogens (tertiary/aromatic N) is 2. The second-order valence-corrected chi connectivity index (χ2v) is 9.91. The van der Waals surface area contributed by atoms with Crippen LogP contribution in [0.4, 0.5) is 18.9 Å². The number of likely N-dealkylation sites (N-methyl/N-ethyl adjacent to an activating group) is 1. The predicted octanol–water partition coefficient (Wildman–Crippen LogP) is 3.30. The summed E-state index contributed by atoms with van der Waals surface area (Å²) in [6.07, 6.45) is -4.02. The number of rotatable bonds is 9. The van der Waals surface area contributed by atoms with Crippen LogP contribution < -0.4 is 14.4 Å². The Hall–Kier alpha value is -2.99. The van der Waals surface area contributed by atoms with Crippen molar-refractivity contribution in [3.63, 3.8) is 0 Å². The van der Waals surface area contributed by atoms with Gasteiger partial charge < -0.3 is 15.0 Å². The molecule has 2 amide bonds. The minimum Gasteiger partial charge on any atom is -0.497 e. The van der Waals surface area contributed by atoms with E-state index in [4.69, 9.17) is 16.3 Å². The van der Waals surface area contributed by atoms with E-state index in [2.05, 4.69) is 5.32 Å². The molecule has 0 spiro atoms. The molecule has 2 aromatic carbocycles. The molecule has 192 valence electrons. The second-order valence-electron chi connectivity index (χ2n) is 7.60. The molecule has 1 atom stereocenters. The molecule has 0 bridgehead atoms. The van der Waals surface area contributed by atoms with Gasteiger partial charge in [-0.2, -0.15) is 13.2 Å². The number of benzene rings is 2. The Morgan fingerprint density at radius 3 is 2.37 bits per heavy atom. The van der Waals surface area contributed by atoms with Gasteiger partial charge in [0.25, 0.3) is 0 Å². The maximum Gasteiger partial charge on any atom is 0.416 e. The number of ether oxygens (including phenoxy) is 1. The first-order valence-corrected chi connectivity index (χ1v) is 12.4. The largest absolute Gasteiger partial charge is 0.497 e. The molecule has 0 fully saturated rings. The fourth-order valence-electron chi connectivity index (χ4n) is 3.23. The Morgan fingerprint density at radius 2 is 1.83 bits per heavy atom. The molecule has 0 saturated carbocycles. The van der Waals surface area contributed by atoms with Crippen molar-refractivity contribution < 1.29 is 35.9 Å². The second kappa shape index (κ2) is 11.2. The summed E-state index contributed by atoms with van der Waals surface area (Å²) in [6.45, 7) is 0.461. The summed E-state index contributed by atoms with van der Waals surface area (Å²) >= 11 is 6.03. The minimum atomic E-state index is -4.77. The molecule has 0 radical (unpaired) electrons. The van der Waals surface area contributed by atoms with Gasteiger partial charge in [-0.3, -0.25) is 13.9 Å². The highest BCUT2D eigenvalue weighted by atomic mass is 35.5. The van der Waals surface area contributed by atoms with Crippen LogP contribution in [0, 0.1) is 0 Å². The average molecular weight is 536 g/mol. The van der Waals surface area contributed by atoms with Gasteiger partial charge in [0.15, 0.2) is 0 Å². The van der Waals surface area contributed by atoms with Crippen LogP contribution in [-0.4, -0.2) is 58.1 Å². The van der Waals surface area contributed by atoms with Crippen LogP contribution in [0.25, 0.3) is 0 Å². The minimum absolute atomic E-state index is 0.0987. The maximum atomic E-state index is 13.3. The first-order chi connectivity index (χ1) is 16.2. The quantitative estimate of drug-likeness (QED) is 0.531. The van der Waals surface area contributed by atoms with Crippen molar-refractivity contribution in [3.05, 3.63) is 58.6 Å². The van der Waals surface area contributed by atoms with Gasteiger partial charge >= 0.3 is 6.18 Å². The zero-order chi connectivity index (χ0) is 26.6. The Labute approximate surface area is 206 Å². The molecule has 1 N–H and O–H groups in total. The van der Waals surface area contributed by atoms with Crippen molar-refractivity contribution in [1.82, 2.24) is 10.2 Å². The Bertz CT molecular complexity index is 1190. The predicted molar refractivity (Wildman–Crippen MR) is 126 cm³/mol. The first kappa shape index (κ1) is 28.2. The van der Waals surface area contributed by atoms with Crippen LogP contribution in [0.2, 0.25) is 5.02 Å². The summed E-state index contributed by atoms with van der Waals surface area (Å²) < 4.78 is 70.4. The number of halogens is 4. The average Bonchev–Trinajstić information content (AvgIpc) is 2.79. The number of nitrogens with one attached hydrogen (secondary N) is 1. The van der Waals surface area contributed by atoms with Gasteiger partial charge in [0.2, 0.25) is 21.8 Å². The SMILES string of the molecule is CNC(=O)C(C)N(Cc1cccc(OC)c1)C(=O)CN(c1cc(C(F)(F)F)ccc1Cl)S(C)(=O)=O. The van der Waals surface area contributed by atoms with Crippen molar-refractivity contribution >= 4 is 39.1 Å². The Balaban J connectivity index is 2.50. The molecule has 8 nitrogen and oxygen atoms in total. The van der Waals surface area contributed by atoms with E-state index in [1.165, 1.54) is 21.1 Å². The fourth-order valence-corrected chi connectivity index (χ4v) is 4.36. The topological polar surface area (TPSA) is 96.0 Å². The monoisotopic (exact) mass is 535 g/mol. The van der Waals surface area contributed by atoms with Crippen molar-refractivity contribution in [2.75, 3.05) is 31.3 Å². The van der Waals surface area contributed by atoms with Crippen LogP contribution in [0.1, 0.15) is 18.1 Å². The van der Waals surface area contributed by atoms with E-state index in [1.807, 2.05) is 0 Å². The number of carbonyl (C=O) groups excluding carboxylic acids is 2. The number of hydrogen-bond acceptors (Lipinski definition) is 5. The zero-order valence-corrected chi connectivity index (χ0v) is 21.0. The lowest BCUT2D eigenvalue weighted by atomic mass is 10.1. The Morgan fingerprint density at radius 1 is 1.17 bits per heavy atom. The molecule has 0 aliphatic rings. The van der Waals surface area contributed by atoms with Gasteiger partial charge in [-0.15, -0.1) is 0 Å². The molecule has 1 unspecified atom stereocenters. The summed E-state index contributed by atoms with van der Waals surface area (Å²) in [5.74, 6) is -0.858. The molecule has 0 aromatic heterocycles. The van der Waals surface area contributed by atoms with E-state index < -0.39 is 51.9 Å². The molecular formula is C22H25ClF3N3O5S. The van der Waals surface area contributed by atoms with Gasteiger partial charge in [-0.05, 0) is 42.8 Å². The molecule has 35 heavy (non-hydrogen) atoms. The first-order valence-electron chi connectivity index (χ1n) is 10.2.